The number of quaternary nitrogens is 1. The molecule has 0 heterocycles. The molecule has 122 valence electrons. The van der Waals surface area contributed by atoms with Crippen molar-refractivity contribution in [2.75, 3.05) is 13.2 Å². The SMILES string of the molecule is CCO[NH+]([O-])CCC1CC(CCc2ccccc2)CCC1=O. The van der Waals surface area contributed by atoms with Crippen LogP contribution in [0.4, 0.5) is 0 Å². The first kappa shape index (κ1) is 17.1. The van der Waals surface area contributed by atoms with Crippen LogP contribution in [0.3, 0.4) is 0 Å². The second-order valence-electron chi connectivity index (χ2n) is 6.17. The highest BCUT2D eigenvalue weighted by atomic mass is 16.9. The van der Waals surface area contributed by atoms with Gasteiger partial charge in [0.05, 0.1) is 0 Å². The molecule has 4 nitrogen and oxygen atoms in total. The van der Waals surface area contributed by atoms with E-state index >= 15 is 0 Å². The number of nitrogens with one attached hydrogen (secondary N) is 1. The molecule has 0 aromatic heterocycles. The van der Waals surface area contributed by atoms with Gasteiger partial charge in [-0.3, -0.25) is 4.79 Å². The smallest absolute Gasteiger partial charge is 0.136 e. The lowest BCUT2D eigenvalue weighted by atomic mass is 9.77. The largest absolute Gasteiger partial charge is 0.600 e. The maximum absolute atomic E-state index is 12.0. The monoisotopic (exact) mass is 305 g/mol. The molecule has 1 aromatic carbocycles. The molecule has 0 spiro atoms. The van der Waals surface area contributed by atoms with Gasteiger partial charge in [-0.05, 0) is 44.1 Å². The molecular formula is C18H27NO3. The van der Waals surface area contributed by atoms with Gasteiger partial charge in [0, 0.05) is 18.8 Å². The third-order valence-corrected chi connectivity index (χ3v) is 4.56. The lowest BCUT2D eigenvalue weighted by Crippen LogP contribution is -3.06. The van der Waals surface area contributed by atoms with Gasteiger partial charge in [-0.25, -0.2) is 10.1 Å². The van der Waals surface area contributed by atoms with E-state index in [1.54, 1.807) is 0 Å². The molecule has 4 heteroatoms. The predicted octanol–water partition coefficient (Wildman–Crippen LogP) is 2.33. The first-order chi connectivity index (χ1) is 10.7. The summed E-state index contributed by atoms with van der Waals surface area (Å²) in [6.07, 6.45) is 5.47. The summed E-state index contributed by atoms with van der Waals surface area (Å²) in [5, 5.41) is 11.3. The summed E-state index contributed by atoms with van der Waals surface area (Å²) in [5.74, 6) is 0.990. The number of carbonyl (C=O) groups is 1. The highest BCUT2D eigenvalue weighted by Gasteiger charge is 2.28. The van der Waals surface area contributed by atoms with Gasteiger partial charge in [0.1, 0.15) is 18.9 Å². The first-order valence-electron chi connectivity index (χ1n) is 8.41. The minimum absolute atomic E-state index is 0.0546. The van der Waals surface area contributed by atoms with Gasteiger partial charge in [0.2, 0.25) is 0 Å². The molecule has 0 amide bonds. The van der Waals surface area contributed by atoms with Crippen LogP contribution in [0.15, 0.2) is 30.3 Å². The highest BCUT2D eigenvalue weighted by molar-refractivity contribution is 5.81. The number of Topliss-reactive ketones (excluding diaryl/α,β-unsaturated/α-hetero) is 1. The second-order valence-corrected chi connectivity index (χ2v) is 6.17. The molecule has 3 atom stereocenters. The van der Waals surface area contributed by atoms with Gasteiger partial charge in [0.25, 0.3) is 0 Å². The summed E-state index contributed by atoms with van der Waals surface area (Å²) in [5.41, 5.74) is 1.36. The molecule has 1 aliphatic rings. The fraction of sp³-hybridized carbons (Fsp3) is 0.611. The Balaban J connectivity index is 1.76. The van der Waals surface area contributed by atoms with Crippen molar-refractivity contribution in [3.05, 3.63) is 41.1 Å². The third kappa shape index (κ3) is 5.52. The number of hydroxylamine groups is 2. The molecule has 0 bridgehead atoms. The minimum Gasteiger partial charge on any atom is -0.600 e. The van der Waals surface area contributed by atoms with E-state index in [2.05, 4.69) is 24.3 Å². The Morgan fingerprint density at radius 3 is 2.77 bits per heavy atom. The minimum atomic E-state index is -0.179. The van der Waals surface area contributed by atoms with Crippen LogP contribution in [0, 0.1) is 17.0 Å². The van der Waals surface area contributed by atoms with Crippen LogP contribution in [0.1, 0.15) is 44.6 Å². The summed E-state index contributed by atoms with van der Waals surface area (Å²) < 4.78 is 0. The van der Waals surface area contributed by atoms with Crippen molar-refractivity contribution in [1.29, 1.82) is 0 Å². The molecule has 0 radical (unpaired) electrons. The summed E-state index contributed by atoms with van der Waals surface area (Å²) in [4.78, 5) is 17.0. The number of carbonyl (C=O) groups excluding carboxylic acids is 1. The molecule has 22 heavy (non-hydrogen) atoms. The molecular weight excluding hydrogens is 278 g/mol. The van der Waals surface area contributed by atoms with Gasteiger partial charge < -0.3 is 5.21 Å². The number of aryl methyl sites for hydroxylation is 1. The van der Waals surface area contributed by atoms with E-state index in [0.29, 0.717) is 37.7 Å². The lowest BCUT2D eigenvalue weighted by Gasteiger charge is -2.29. The van der Waals surface area contributed by atoms with Crippen molar-refractivity contribution >= 4 is 5.78 Å². The van der Waals surface area contributed by atoms with Crippen LogP contribution in [0.2, 0.25) is 0 Å². The topological polar surface area (TPSA) is 53.8 Å². The van der Waals surface area contributed by atoms with Crippen LogP contribution >= 0.6 is 0 Å². The standard InChI is InChI=1S/C18H27NO3/c1-2-22-19(21)13-12-17-14-16(10-11-18(17)20)9-8-15-6-4-3-5-7-15/h3-7,16-17,19H,2,8-14H2,1H3. The maximum atomic E-state index is 12.0. The number of hydrogen-bond donors (Lipinski definition) is 1. The lowest BCUT2D eigenvalue weighted by molar-refractivity contribution is -1.05. The van der Waals surface area contributed by atoms with Crippen molar-refractivity contribution in [1.82, 2.24) is 0 Å². The van der Waals surface area contributed by atoms with Gasteiger partial charge >= 0.3 is 0 Å². The molecule has 0 aliphatic heterocycles. The van der Waals surface area contributed by atoms with Crippen molar-refractivity contribution in [2.45, 2.75) is 45.4 Å². The molecule has 0 saturated heterocycles. The highest BCUT2D eigenvalue weighted by Crippen LogP contribution is 2.31. The van der Waals surface area contributed by atoms with Gasteiger partial charge in [-0.1, -0.05) is 30.3 Å². The van der Waals surface area contributed by atoms with Gasteiger partial charge in [-0.15, -0.1) is 0 Å². The molecule has 1 aliphatic carbocycles. The average Bonchev–Trinajstić information content (AvgIpc) is 2.54. The van der Waals surface area contributed by atoms with E-state index < -0.39 is 0 Å². The summed E-state index contributed by atoms with van der Waals surface area (Å²) in [7, 11) is 0. The number of rotatable bonds is 8. The van der Waals surface area contributed by atoms with E-state index in [1.165, 1.54) is 5.56 Å². The number of hydrogen-bond acceptors (Lipinski definition) is 3. The Labute approximate surface area is 133 Å². The summed E-state index contributed by atoms with van der Waals surface area (Å²) in [6.45, 7) is 2.59. The van der Waals surface area contributed by atoms with E-state index in [9.17, 15) is 10.0 Å². The van der Waals surface area contributed by atoms with Crippen LogP contribution < -0.4 is 5.23 Å². The van der Waals surface area contributed by atoms with Crippen LogP contribution in [0.25, 0.3) is 0 Å². The molecule has 1 fully saturated rings. The normalized spacial score (nSPS) is 23.5. The fourth-order valence-corrected chi connectivity index (χ4v) is 3.28. The number of ketones is 1. The molecule has 1 saturated carbocycles. The van der Waals surface area contributed by atoms with Crippen molar-refractivity contribution < 1.29 is 14.9 Å². The molecule has 2 rings (SSSR count). The first-order valence-corrected chi connectivity index (χ1v) is 8.41. The third-order valence-electron chi connectivity index (χ3n) is 4.56. The van der Waals surface area contributed by atoms with E-state index in [0.717, 1.165) is 25.7 Å². The number of benzene rings is 1. The zero-order chi connectivity index (χ0) is 15.8. The predicted molar refractivity (Wildman–Crippen MR) is 86.0 cm³/mol. The molecule has 3 unspecified atom stereocenters. The average molecular weight is 305 g/mol. The zero-order valence-corrected chi connectivity index (χ0v) is 13.4. The summed E-state index contributed by atoms with van der Waals surface area (Å²) in [6, 6.07) is 10.5. The molecule has 1 N–H and O–H groups in total. The van der Waals surface area contributed by atoms with E-state index in [-0.39, 0.29) is 11.1 Å². The quantitative estimate of drug-likeness (QED) is 0.750. The van der Waals surface area contributed by atoms with Crippen LogP contribution in [0.5, 0.6) is 0 Å². The Hall–Kier alpha value is -1.23. The van der Waals surface area contributed by atoms with Gasteiger partial charge in [0.15, 0.2) is 0 Å². The van der Waals surface area contributed by atoms with E-state index in [4.69, 9.17) is 4.84 Å². The Bertz CT molecular complexity index is 449. The Morgan fingerprint density at radius 2 is 2.05 bits per heavy atom. The van der Waals surface area contributed by atoms with Crippen LogP contribution in [-0.4, -0.2) is 18.9 Å². The Morgan fingerprint density at radius 1 is 1.27 bits per heavy atom. The zero-order valence-electron chi connectivity index (χ0n) is 13.4. The fourth-order valence-electron chi connectivity index (χ4n) is 3.28. The second kappa shape index (κ2) is 9.03. The molecule has 1 aromatic rings. The van der Waals surface area contributed by atoms with Crippen molar-refractivity contribution in [2.24, 2.45) is 11.8 Å². The Kier molecular flexibility index (Phi) is 7.03. The van der Waals surface area contributed by atoms with Gasteiger partial charge in [-0.2, -0.15) is 0 Å². The van der Waals surface area contributed by atoms with E-state index in [1.807, 2.05) is 13.0 Å². The van der Waals surface area contributed by atoms with Crippen LogP contribution in [-0.2, 0) is 16.1 Å². The summed E-state index contributed by atoms with van der Waals surface area (Å²) >= 11 is 0. The van der Waals surface area contributed by atoms with Crippen molar-refractivity contribution in [3.8, 4) is 0 Å². The van der Waals surface area contributed by atoms with Crippen molar-refractivity contribution in [3.63, 3.8) is 0 Å². The maximum Gasteiger partial charge on any atom is 0.136 e.